The van der Waals surface area contributed by atoms with Gasteiger partial charge in [0.05, 0.1) is 29.1 Å². The van der Waals surface area contributed by atoms with Gasteiger partial charge < -0.3 is 32.6 Å². The Morgan fingerprint density at radius 3 is 2.60 bits per heavy atom. The first-order valence-electron chi connectivity index (χ1n) is 6.59. The zero-order valence-electron chi connectivity index (χ0n) is 12.9. The molecule has 0 aliphatic heterocycles. The number of carbonyl (C=O) groups excluding carboxylic acids is 1. The van der Waals surface area contributed by atoms with Gasteiger partial charge in [-0.3, -0.25) is 4.79 Å². The summed E-state index contributed by atoms with van der Waals surface area (Å²) in [6.45, 7) is 0. The van der Waals surface area contributed by atoms with Gasteiger partial charge >= 0.3 is 5.97 Å². The first kappa shape index (κ1) is 17.9. The van der Waals surface area contributed by atoms with Crippen LogP contribution in [0.1, 0.15) is 20.8 Å². The van der Waals surface area contributed by atoms with Crippen molar-refractivity contribution in [2.45, 2.75) is 0 Å². The number of nitrogens with one attached hydrogen (secondary N) is 1. The number of amides is 1. The third-order valence-electron chi connectivity index (χ3n) is 3.11. The van der Waals surface area contributed by atoms with Crippen LogP contribution in [0.3, 0.4) is 0 Å². The van der Waals surface area contributed by atoms with Gasteiger partial charge in [-0.2, -0.15) is 9.89 Å². The fourth-order valence-corrected chi connectivity index (χ4v) is 2.20. The van der Waals surface area contributed by atoms with Crippen molar-refractivity contribution in [2.75, 3.05) is 24.0 Å². The molecule has 0 atom stereocenters. The number of carboxylic acid groups (broad SMARTS) is 1. The summed E-state index contributed by atoms with van der Waals surface area (Å²) in [5.41, 5.74) is 5.20. The normalized spacial score (nSPS) is 11.2. The molecule has 0 radical (unpaired) electrons. The van der Waals surface area contributed by atoms with Crippen LogP contribution in [0.5, 0.6) is 5.75 Å². The van der Waals surface area contributed by atoms with Crippen molar-refractivity contribution in [3.8, 4) is 5.75 Å². The van der Waals surface area contributed by atoms with Crippen molar-refractivity contribution in [3.05, 3.63) is 40.0 Å². The van der Waals surface area contributed by atoms with E-state index in [-0.39, 0.29) is 38.9 Å². The van der Waals surface area contributed by atoms with Crippen molar-refractivity contribution >= 4 is 34.9 Å². The van der Waals surface area contributed by atoms with Crippen LogP contribution in [0.15, 0.2) is 23.3 Å². The van der Waals surface area contributed by atoms with E-state index in [0.29, 0.717) is 0 Å². The molecule has 1 amide bonds. The van der Waals surface area contributed by atoms with Crippen LogP contribution >= 0.6 is 11.6 Å². The van der Waals surface area contributed by atoms with E-state index in [1.165, 1.54) is 19.2 Å². The molecule has 8 N–H and O–H groups in total. The van der Waals surface area contributed by atoms with Gasteiger partial charge in [-0.1, -0.05) is 11.6 Å². The fourth-order valence-electron chi connectivity index (χ4n) is 1.96. The average molecular weight is 368 g/mol. The maximum Gasteiger partial charge on any atom is 0.337 e. The lowest BCUT2D eigenvalue weighted by Gasteiger charge is -2.12. The molecule has 132 valence electrons. The number of aromatic nitrogens is 2. The molecule has 25 heavy (non-hydrogen) atoms. The first-order valence-corrected chi connectivity index (χ1v) is 6.97. The molecule has 0 bridgehead atoms. The predicted molar refractivity (Wildman–Crippen MR) is 89.5 cm³/mol. The minimum atomic E-state index is -1.29. The summed E-state index contributed by atoms with van der Waals surface area (Å²) < 4.78 is 5.01. The van der Waals surface area contributed by atoms with Gasteiger partial charge in [0.1, 0.15) is 5.75 Å². The molecule has 0 spiro atoms. The quantitative estimate of drug-likeness (QED) is 0.355. The maximum absolute atomic E-state index is 12.4. The highest BCUT2D eigenvalue weighted by Crippen LogP contribution is 2.31. The summed E-state index contributed by atoms with van der Waals surface area (Å²) in [7, 11) is 1.35. The molecular formula is C13H14ClN7O4. The number of nitrogen functional groups attached to an aromatic ring is 2. The summed E-state index contributed by atoms with van der Waals surface area (Å²) >= 11 is 5.90. The van der Waals surface area contributed by atoms with Crippen molar-refractivity contribution < 1.29 is 19.4 Å². The zero-order chi connectivity index (χ0) is 18.7. The number of aromatic carboxylic acids is 1. The van der Waals surface area contributed by atoms with Crippen LogP contribution in [0.2, 0.25) is 5.02 Å². The second-order valence-corrected chi connectivity index (χ2v) is 5.08. The van der Waals surface area contributed by atoms with Crippen LogP contribution in [0.4, 0.5) is 11.4 Å². The molecule has 0 fully saturated rings. The van der Waals surface area contributed by atoms with E-state index in [4.69, 9.17) is 33.8 Å². The number of carboxylic acids is 1. The smallest absolute Gasteiger partial charge is 0.337 e. The van der Waals surface area contributed by atoms with Crippen molar-refractivity contribution in [1.29, 1.82) is 0 Å². The number of ether oxygens (including phenoxy) is 1. The number of halogens is 1. The summed E-state index contributed by atoms with van der Waals surface area (Å²) in [4.78, 5) is 24.4. The highest BCUT2D eigenvalue weighted by atomic mass is 35.5. The van der Waals surface area contributed by atoms with Gasteiger partial charge in [0.15, 0.2) is 5.69 Å². The Balaban J connectivity index is 2.46. The summed E-state index contributed by atoms with van der Waals surface area (Å²) in [5.74, 6) is 8.79. The molecule has 2 aromatic rings. The van der Waals surface area contributed by atoms with E-state index in [0.717, 1.165) is 10.9 Å². The van der Waals surface area contributed by atoms with Crippen molar-refractivity contribution in [1.82, 2.24) is 9.89 Å². The average Bonchev–Trinajstić information content (AvgIpc) is 2.55. The highest BCUT2D eigenvalue weighted by molar-refractivity contribution is 6.32. The standard InChI is InChI=1S/C13H14ClN7O4/c1-25-10-4-8(5(13(23)24)2-6(10)14)18-12(22)9-3-7(15)11(19-16)21(17)20-9/h2-4H,15-17H2,1H3,(H,18,22)(H,23,24)/b19-11-. The number of methoxy groups -OCH3 is 1. The number of anilines is 2. The number of carbonyl (C=O) groups is 2. The van der Waals surface area contributed by atoms with Crippen molar-refractivity contribution in [3.63, 3.8) is 0 Å². The summed E-state index contributed by atoms with van der Waals surface area (Å²) in [6.07, 6.45) is 0. The number of hydrogen-bond acceptors (Lipinski definition) is 8. The molecule has 0 aliphatic carbocycles. The second kappa shape index (κ2) is 6.97. The second-order valence-electron chi connectivity index (χ2n) is 4.67. The van der Waals surface area contributed by atoms with E-state index in [9.17, 15) is 14.7 Å². The number of hydrogen-bond donors (Lipinski definition) is 5. The monoisotopic (exact) mass is 367 g/mol. The van der Waals surface area contributed by atoms with Gasteiger partial charge in [-0.05, 0) is 12.1 Å². The first-order chi connectivity index (χ1) is 11.8. The minimum absolute atomic E-state index is 0.0114. The molecule has 12 heteroatoms. The minimum Gasteiger partial charge on any atom is -0.495 e. The number of nitrogens with two attached hydrogens (primary N) is 3. The van der Waals surface area contributed by atoms with Crippen LogP contribution in [0, 0.1) is 0 Å². The topological polar surface area (TPSA) is 184 Å². The Morgan fingerprint density at radius 1 is 1.40 bits per heavy atom. The maximum atomic E-state index is 12.4. The Bertz CT molecular complexity index is 899. The molecule has 0 unspecified atom stereocenters. The van der Waals surface area contributed by atoms with Gasteiger partial charge in [0.2, 0.25) is 5.49 Å². The van der Waals surface area contributed by atoms with E-state index in [1.807, 2.05) is 0 Å². The number of nitrogens with zero attached hydrogens (tertiary/aromatic N) is 3. The van der Waals surface area contributed by atoms with Crippen LogP contribution in [-0.4, -0.2) is 34.0 Å². The van der Waals surface area contributed by atoms with E-state index in [1.54, 1.807) is 0 Å². The van der Waals surface area contributed by atoms with Gasteiger partial charge in [0.25, 0.3) is 5.91 Å². The van der Waals surface area contributed by atoms with Crippen LogP contribution < -0.4 is 33.0 Å². The van der Waals surface area contributed by atoms with Crippen LogP contribution in [0.25, 0.3) is 0 Å². The van der Waals surface area contributed by atoms with E-state index >= 15 is 0 Å². The summed E-state index contributed by atoms with van der Waals surface area (Å²) in [6, 6.07) is 3.62. The Labute approximate surface area is 145 Å². The molecular weight excluding hydrogens is 354 g/mol. The molecule has 0 aliphatic rings. The Kier molecular flexibility index (Phi) is 4.98. The molecule has 1 aromatic carbocycles. The lowest BCUT2D eigenvalue weighted by Crippen LogP contribution is -2.35. The lowest BCUT2D eigenvalue weighted by atomic mass is 10.1. The third-order valence-corrected chi connectivity index (χ3v) is 3.40. The molecule has 2 rings (SSSR count). The Hall–Kier alpha value is -3.47. The zero-order valence-corrected chi connectivity index (χ0v) is 13.6. The third kappa shape index (κ3) is 3.55. The number of rotatable bonds is 4. The fraction of sp³-hybridized carbons (Fsp3) is 0.0769. The summed E-state index contributed by atoms with van der Waals surface area (Å²) in [5, 5.41) is 18.8. The predicted octanol–water partition coefficient (Wildman–Crippen LogP) is -0.434. The molecule has 11 nitrogen and oxygen atoms in total. The van der Waals surface area contributed by atoms with E-state index in [2.05, 4.69) is 15.5 Å². The van der Waals surface area contributed by atoms with Crippen LogP contribution in [-0.2, 0) is 0 Å². The molecule has 0 saturated carbocycles. The number of benzene rings is 1. The van der Waals surface area contributed by atoms with Gasteiger partial charge in [0, 0.05) is 6.07 Å². The van der Waals surface area contributed by atoms with Crippen molar-refractivity contribution in [2.24, 2.45) is 10.9 Å². The van der Waals surface area contributed by atoms with Gasteiger partial charge in [-0.25, -0.2) is 4.79 Å². The highest BCUT2D eigenvalue weighted by Gasteiger charge is 2.19. The largest absolute Gasteiger partial charge is 0.495 e. The van der Waals surface area contributed by atoms with E-state index < -0.39 is 11.9 Å². The molecule has 1 aromatic heterocycles. The molecule has 0 saturated heterocycles. The molecule has 1 heterocycles. The Morgan fingerprint density at radius 2 is 2.08 bits per heavy atom. The lowest BCUT2D eigenvalue weighted by molar-refractivity contribution is 0.0698. The SMILES string of the molecule is COc1cc(NC(=O)c2cc(N)/c(=N/N)n(N)n2)c(C(=O)O)cc1Cl. The van der Waals surface area contributed by atoms with Gasteiger partial charge in [-0.15, -0.1) is 5.10 Å².